The Morgan fingerprint density at radius 1 is 1.26 bits per heavy atom. The van der Waals surface area contributed by atoms with Crippen LogP contribution in [0.5, 0.6) is 0 Å². The molecule has 0 aliphatic heterocycles. The highest BCUT2D eigenvalue weighted by molar-refractivity contribution is 5.21. The van der Waals surface area contributed by atoms with Crippen LogP contribution in [0.2, 0.25) is 0 Å². The molecule has 0 spiro atoms. The first-order chi connectivity index (χ1) is 9.06. The minimum Gasteiger partial charge on any atom is -0.465 e. The molecule has 0 aliphatic rings. The van der Waals surface area contributed by atoms with Crippen molar-refractivity contribution in [3.8, 4) is 0 Å². The number of aliphatic hydroxyl groups is 1. The molecular formula is C14H15F2NO2. The van der Waals surface area contributed by atoms with E-state index in [0.29, 0.717) is 6.54 Å². The molecule has 1 aromatic heterocycles. The standard InChI is InChI=1S/C14H15F2NO2/c1-9-2-4-11(19-9)7-17-8-14(18)12-6-10(15)3-5-13(12)16/h2-6,14,17-18H,7-8H2,1H3. The van der Waals surface area contributed by atoms with Crippen molar-refractivity contribution in [1.82, 2.24) is 5.32 Å². The fourth-order valence-electron chi connectivity index (χ4n) is 1.79. The van der Waals surface area contributed by atoms with Crippen molar-refractivity contribution in [2.24, 2.45) is 0 Å². The average Bonchev–Trinajstić information content (AvgIpc) is 2.78. The van der Waals surface area contributed by atoms with Gasteiger partial charge >= 0.3 is 0 Å². The smallest absolute Gasteiger partial charge is 0.129 e. The van der Waals surface area contributed by atoms with E-state index in [-0.39, 0.29) is 12.1 Å². The van der Waals surface area contributed by atoms with Crippen molar-refractivity contribution in [2.75, 3.05) is 6.54 Å². The van der Waals surface area contributed by atoms with Gasteiger partial charge in [0.05, 0.1) is 12.6 Å². The minimum atomic E-state index is -1.10. The van der Waals surface area contributed by atoms with Crippen molar-refractivity contribution in [3.05, 3.63) is 59.1 Å². The molecule has 0 saturated heterocycles. The summed E-state index contributed by atoms with van der Waals surface area (Å²) < 4.78 is 31.7. The summed E-state index contributed by atoms with van der Waals surface area (Å²) in [6, 6.07) is 6.67. The number of hydrogen-bond acceptors (Lipinski definition) is 3. The van der Waals surface area contributed by atoms with E-state index >= 15 is 0 Å². The molecule has 0 bridgehead atoms. The molecule has 19 heavy (non-hydrogen) atoms. The maximum Gasteiger partial charge on any atom is 0.129 e. The van der Waals surface area contributed by atoms with Gasteiger partial charge in [-0.05, 0) is 37.3 Å². The van der Waals surface area contributed by atoms with Gasteiger partial charge in [0.25, 0.3) is 0 Å². The second-order valence-corrected chi connectivity index (χ2v) is 4.32. The first kappa shape index (κ1) is 13.7. The number of halogens is 2. The summed E-state index contributed by atoms with van der Waals surface area (Å²) in [5.74, 6) is 0.333. The number of nitrogens with one attached hydrogen (secondary N) is 1. The molecule has 2 rings (SSSR count). The summed E-state index contributed by atoms with van der Waals surface area (Å²) in [5.41, 5.74) is -0.0527. The number of benzene rings is 1. The lowest BCUT2D eigenvalue weighted by atomic mass is 10.1. The molecule has 0 saturated carbocycles. The topological polar surface area (TPSA) is 45.4 Å². The van der Waals surface area contributed by atoms with Crippen molar-refractivity contribution < 1.29 is 18.3 Å². The molecule has 1 aromatic carbocycles. The maximum atomic E-state index is 13.4. The van der Waals surface area contributed by atoms with E-state index in [1.54, 1.807) is 0 Å². The van der Waals surface area contributed by atoms with Crippen LogP contribution in [0.4, 0.5) is 8.78 Å². The van der Waals surface area contributed by atoms with E-state index in [9.17, 15) is 13.9 Å². The third-order valence-electron chi connectivity index (χ3n) is 2.75. The third kappa shape index (κ3) is 3.62. The van der Waals surface area contributed by atoms with Crippen LogP contribution in [-0.4, -0.2) is 11.7 Å². The molecule has 102 valence electrons. The zero-order chi connectivity index (χ0) is 13.8. The summed E-state index contributed by atoms with van der Waals surface area (Å²) in [6.07, 6.45) is -1.10. The van der Waals surface area contributed by atoms with Gasteiger partial charge in [-0.15, -0.1) is 0 Å². The molecule has 2 N–H and O–H groups in total. The lowest BCUT2D eigenvalue weighted by Crippen LogP contribution is -2.21. The highest BCUT2D eigenvalue weighted by atomic mass is 19.1. The Kier molecular flexibility index (Phi) is 4.29. The lowest BCUT2D eigenvalue weighted by molar-refractivity contribution is 0.168. The van der Waals surface area contributed by atoms with Gasteiger partial charge in [0.2, 0.25) is 0 Å². The molecule has 2 aromatic rings. The quantitative estimate of drug-likeness (QED) is 0.875. The fourth-order valence-corrected chi connectivity index (χ4v) is 1.79. The van der Waals surface area contributed by atoms with Crippen molar-refractivity contribution in [3.63, 3.8) is 0 Å². The Morgan fingerprint density at radius 3 is 2.74 bits per heavy atom. The van der Waals surface area contributed by atoms with Crippen LogP contribution >= 0.6 is 0 Å². The van der Waals surface area contributed by atoms with E-state index in [4.69, 9.17) is 4.42 Å². The SMILES string of the molecule is Cc1ccc(CNCC(O)c2cc(F)ccc2F)o1. The van der Waals surface area contributed by atoms with E-state index in [1.807, 2.05) is 19.1 Å². The summed E-state index contributed by atoms with van der Waals surface area (Å²) in [4.78, 5) is 0. The number of rotatable bonds is 5. The van der Waals surface area contributed by atoms with Gasteiger partial charge in [-0.2, -0.15) is 0 Å². The summed E-state index contributed by atoms with van der Waals surface area (Å²) >= 11 is 0. The first-order valence-electron chi connectivity index (χ1n) is 5.95. The molecular weight excluding hydrogens is 252 g/mol. The van der Waals surface area contributed by atoms with Gasteiger partial charge < -0.3 is 14.8 Å². The van der Waals surface area contributed by atoms with Gasteiger partial charge in [-0.3, -0.25) is 0 Å². The van der Waals surface area contributed by atoms with E-state index < -0.39 is 17.7 Å². The van der Waals surface area contributed by atoms with E-state index in [0.717, 1.165) is 29.7 Å². The largest absolute Gasteiger partial charge is 0.465 e. The van der Waals surface area contributed by atoms with Crippen molar-refractivity contribution in [1.29, 1.82) is 0 Å². The molecule has 1 heterocycles. The maximum absolute atomic E-state index is 13.4. The molecule has 0 amide bonds. The number of hydrogen-bond donors (Lipinski definition) is 2. The van der Waals surface area contributed by atoms with E-state index in [2.05, 4.69) is 5.32 Å². The summed E-state index contributed by atoms with van der Waals surface area (Å²) in [7, 11) is 0. The van der Waals surface area contributed by atoms with Crippen LogP contribution in [0.25, 0.3) is 0 Å². The average molecular weight is 267 g/mol. The van der Waals surface area contributed by atoms with Gasteiger partial charge in [-0.25, -0.2) is 8.78 Å². The Bertz CT molecular complexity index is 554. The minimum absolute atomic E-state index is 0.0527. The lowest BCUT2D eigenvalue weighted by Gasteiger charge is -2.12. The predicted octanol–water partition coefficient (Wildman–Crippen LogP) is 2.69. The Balaban J connectivity index is 1.90. The normalized spacial score (nSPS) is 12.6. The zero-order valence-corrected chi connectivity index (χ0v) is 10.5. The monoisotopic (exact) mass is 267 g/mol. The van der Waals surface area contributed by atoms with Crippen molar-refractivity contribution in [2.45, 2.75) is 19.6 Å². The molecule has 0 aliphatic carbocycles. The van der Waals surface area contributed by atoms with Gasteiger partial charge in [0.1, 0.15) is 23.2 Å². The molecule has 0 radical (unpaired) electrons. The van der Waals surface area contributed by atoms with Gasteiger partial charge in [0.15, 0.2) is 0 Å². The molecule has 5 heteroatoms. The number of aliphatic hydroxyl groups excluding tert-OH is 1. The van der Waals surface area contributed by atoms with Gasteiger partial charge in [0, 0.05) is 12.1 Å². The second kappa shape index (κ2) is 5.95. The van der Waals surface area contributed by atoms with Crippen LogP contribution in [-0.2, 0) is 6.54 Å². The Hall–Kier alpha value is -1.72. The highest BCUT2D eigenvalue weighted by Gasteiger charge is 2.13. The predicted molar refractivity (Wildman–Crippen MR) is 66.5 cm³/mol. The summed E-state index contributed by atoms with van der Waals surface area (Å²) in [5, 5.41) is 12.7. The van der Waals surface area contributed by atoms with Crippen LogP contribution in [0, 0.1) is 18.6 Å². The summed E-state index contributed by atoms with van der Waals surface area (Å²) in [6.45, 7) is 2.36. The van der Waals surface area contributed by atoms with Crippen molar-refractivity contribution >= 4 is 0 Å². The van der Waals surface area contributed by atoms with Crippen LogP contribution in [0.3, 0.4) is 0 Å². The molecule has 0 fully saturated rings. The zero-order valence-electron chi connectivity index (χ0n) is 10.5. The molecule has 1 atom stereocenters. The fraction of sp³-hybridized carbons (Fsp3) is 0.286. The highest BCUT2D eigenvalue weighted by Crippen LogP contribution is 2.17. The molecule has 1 unspecified atom stereocenters. The van der Waals surface area contributed by atoms with Gasteiger partial charge in [-0.1, -0.05) is 0 Å². The van der Waals surface area contributed by atoms with Crippen LogP contribution < -0.4 is 5.32 Å². The number of aryl methyl sites for hydroxylation is 1. The molecule has 3 nitrogen and oxygen atoms in total. The van der Waals surface area contributed by atoms with Crippen LogP contribution in [0.15, 0.2) is 34.7 Å². The Labute approximate surface area is 109 Å². The number of furan rings is 1. The first-order valence-corrected chi connectivity index (χ1v) is 5.95. The second-order valence-electron chi connectivity index (χ2n) is 4.32. The van der Waals surface area contributed by atoms with E-state index in [1.165, 1.54) is 0 Å². The third-order valence-corrected chi connectivity index (χ3v) is 2.75. The Morgan fingerprint density at radius 2 is 2.05 bits per heavy atom. The van der Waals surface area contributed by atoms with Crippen LogP contribution in [0.1, 0.15) is 23.2 Å².